The Hall–Kier alpha value is 0.0500. The Morgan fingerprint density at radius 1 is 1.25 bits per heavy atom. The lowest BCUT2D eigenvalue weighted by Crippen LogP contribution is -2.18. The van der Waals surface area contributed by atoms with Gasteiger partial charge in [0.05, 0.1) is 10.0 Å². The molecular weight excluding hydrogens is 264 g/mol. The second kappa shape index (κ2) is 5.14. The van der Waals surface area contributed by atoms with Crippen molar-refractivity contribution in [3.63, 3.8) is 0 Å². The molecule has 4 heteroatoms. The lowest BCUT2D eigenvalue weighted by Gasteiger charge is -2.09. The van der Waals surface area contributed by atoms with E-state index in [2.05, 4.69) is 12.2 Å². The molecule has 1 nitrogen and oxygen atoms in total. The second-order valence-electron chi connectivity index (χ2n) is 4.21. The van der Waals surface area contributed by atoms with Crippen molar-refractivity contribution >= 4 is 34.8 Å². The molecule has 1 aromatic rings. The maximum Gasteiger partial charge on any atom is 0.0652 e. The summed E-state index contributed by atoms with van der Waals surface area (Å²) in [6, 6.07) is 4.13. The highest BCUT2D eigenvalue weighted by Gasteiger charge is 2.34. The molecule has 16 heavy (non-hydrogen) atoms. The fraction of sp³-hybridized carbons (Fsp3) is 0.500. The molecule has 88 valence electrons. The summed E-state index contributed by atoms with van der Waals surface area (Å²) in [4.78, 5) is 0. The Bertz CT molecular complexity index is 392. The standard InChI is InChI=1S/C12H14Cl3N/c1-2-7-5-11(7)16-6-8-9(13)3-4-10(14)12(8)15/h3-4,7,11,16H,2,5-6H2,1H3. The predicted molar refractivity (Wildman–Crippen MR) is 70.5 cm³/mol. The van der Waals surface area contributed by atoms with E-state index < -0.39 is 0 Å². The van der Waals surface area contributed by atoms with Crippen LogP contribution in [0.1, 0.15) is 25.3 Å². The zero-order valence-corrected chi connectivity index (χ0v) is 11.3. The van der Waals surface area contributed by atoms with Gasteiger partial charge in [-0.05, 0) is 24.5 Å². The average molecular weight is 279 g/mol. The average Bonchev–Trinajstić information content (AvgIpc) is 3.02. The minimum Gasteiger partial charge on any atom is -0.310 e. The number of halogens is 3. The Kier molecular flexibility index (Phi) is 4.01. The summed E-state index contributed by atoms with van der Waals surface area (Å²) in [6.45, 7) is 2.91. The van der Waals surface area contributed by atoms with Gasteiger partial charge in [0.1, 0.15) is 0 Å². The van der Waals surface area contributed by atoms with E-state index in [1.54, 1.807) is 12.1 Å². The molecule has 2 atom stereocenters. The highest BCUT2D eigenvalue weighted by Crippen LogP contribution is 2.35. The van der Waals surface area contributed by atoms with Gasteiger partial charge in [0.2, 0.25) is 0 Å². The summed E-state index contributed by atoms with van der Waals surface area (Å²) >= 11 is 18.2. The first kappa shape index (κ1) is 12.5. The minimum atomic E-state index is 0.561. The van der Waals surface area contributed by atoms with Gasteiger partial charge >= 0.3 is 0 Å². The molecule has 0 amide bonds. The fourth-order valence-corrected chi connectivity index (χ4v) is 2.59. The highest BCUT2D eigenvalue weighted by molar-refractivity contribution is 6.44. The molecule has 0 aliphatic heterocycles. The highest BCUT2D eigenvalue weighted by atomic mass is 35.5. The van der Waals surface area contributed by atoms with Crippen LogP contribution in [0.3, 0.4) is 0 Å². The Morgan fingerprint density at radius 3 is 2.56 bits per heavy atom. The summed E-state index contributed by atoms with van der Waals surface area (Å²) in [5, 5.41) is 5.26. The van der Waals surface area contributed by atoms with Gasteiger partial charge in [-0.15, -0.1) is 0 Å². The molecule has 1 aromatic carbocycles. The molecule has 0 heterocycles. The second-order valence-corrected chi connectivity index (χ2v) is 5.41. The van der Waals surface area contributed by atoms with Crippen LogP contribution in [0, 0.1) is 5.92 Å². The van der Waals surface area contributed by atoms with E-state index >= 15 is 0 Å². The van der Waals surface area contributed by atoms with Crippen LogP contribution in [-0.4, -0.2) is 6.04 Å². The Balaban J connectivity index is 2.01. The van der Waals surface area contributed by atoms with E-state index in [4.69, 9.17) is 34.8 Å². The van der Waals surface area contributed by atoms with Gasteiger partial charge in [0.15, 0.2) is 0 Å². The molecule has 1 N–H and O–H groups in total. The van der Waals surface area contributed by atoms with Crippen LogP contribution >= 0.6 is 34.8 Å². The number of benzene rings is 1. The molecule has 0 bridgehead atoms. The van der Waals surface area contributed by atoms with E-state index in [0.717, 1.165) is 11.5 Å². The lowest BCUT2D eigenvalue weighted by molar-refractivity contribution is 0.623. The number of nitrogens with one attached hydrogen (secondary N) is 1. The molecule has 1 saturated carbocycles. The van der Waals surface area contributed by atoms with Crippen molar-refractivity contribution in [3.8, 4) is 0 Å². The molecular formula is C12H14Cl3N. The minimum absolute atomic E-state index is 0.561. The third kappa shape index (κ3) is 2.65. The molecule has 0 aromatic heterocycles. The molecule has 2 rings (SSSR count). The fourth-order valence-electron chi connectivity index (χ4n) is 1.91. The third-order valence-corrected chi connectivity index (χ3v) is 4.32. The number of hydrogen-bond donors (Lipinski definition) is 1. The van der Waals surface area contributed by atoms with Gasteiger partial charge in [0.25, 0.3) is 0 Å². The maximum absolute atomic E-state index is 6.12. The zero-order valence-electron chi connectivity index (χ0n) is 9.06. The summed E-state index contributed by atoms with van der Waals surface area (Å²) in [6.07, 6.45) is 2.49. The topological polar surface area (TPSA) is 12.0 Å². The smallest absolute Gasteiger partial charge is 0.0652 e. The van der Waals surface area contributed by atoms with E-state index in [9.17, 15) is 0 Å². The largest absolute Gasteiger partial charge is 0.310 e. The van der Waals surface area contributed by atoms with Crippen molar-refractivity contribution in [1.82, 2.24) is 5.32 Å². The third-order valence-electron chi connectivity index (χ3n) is 3.13. The van der Waals surface area contributed by atoms with Gasteiger partial charge in [-0.1, -0.05) is 48.1 Å². The Morgan fingerprint density at radius 2 is 1.94 bits per heavy atom. The quantitative estimate of drug-likeness (QED) is 0.798. The molecule has 0 radical (unpaired) electrons. The number of rotatable bonds is 4. The van der Waals surface area contributed by atoms with E-state index in [1.807, 2.05) is 0 Å². The van der Waals surface area contributed by atoms with Crippen LogP contribution in [-0.2, 0) is 6.54 Å². The van der Waals surface area contributed by atoms with Crippen molar-refractivity contribution in [3.05, 3.63) is 32.8 Å². The zero-order chi connectivity index (χ0) is 11.7. The van der Waals surface area contributed by atoms with Crippen molar-refractivity contribution in [1.29, 1.82) is 0 Å². The molecule has 2 unspecified atom stereocenters. The van der Waals surface area contributed by atoms with Gasteiger partial charge in [-0.25, -0.2) is 0 Å². The van der Waals surface area contributed by atoms with E-state index in [1.165, 1.54) is 12.8 Å². The molecule has 1 aliphatic carbocycles. The van der Waals surface area contributed by atoms with Gasteiger partial charge in [-0.2, -0.15) is 0 Å². The van der Waals surface area contributed by atoms with E-state index in [-0.39, 0.29) is 0 Å². The van der Waals surface area contributed by atoms with Crippen LogP contribution in [0.5, 0.6) is 0 Å². The van der Waals surface area contributed by atoms with Crippen LogP contribution in [0.2, 0.25) is 15.1 Å². The van der Waals surface area contributed by atoms with Crippen LogP contribution in [0.15, 0.2) is 12.1 Å². The van der Waals surface area contributed by atoms with Crippen molar-refractivity contribution in [2.24, 2.45) is 5.92 Å². The van der Waals surface area contributed by atoms with Crippen LogP contribution < -0.4 is 5.32 Å². The van der Waals surface area contributed by atoms with Gasteiger partial charge in [0, 0.05) is 23.2 Å². The van der Waals surface area contributed by atoms with Gasteiger partial charge in [-0.3, -0.25) is 0 Å². The molecule has 0 spiro atoms. The summed E-state index contributed by atoms with van der Waals surface area (Å²) in [5.41, 5.74) is 0.901. The van der Waals surface area contributed by atoms with Gasteiger partial charge < -0.3 is 5.32 Å². The summed E-state index contributed by atoms with van der Waals surface area (Å²) < 4.78 is 0. The van der Waals surface area contributed by atoms with Crippen molar-refractivity contribution in [2.45, 2.75) is 32.4 Å². The van der Waals surface area contributed by atoms with Crippen LogP contribution in [0.4, 0.5) is 0 Å². The van der Waals surface area contributed by atoms with E-state index in [0.29, 0.717) is 27.7 Å². The SMILES string of the molecule is CCC1CC1NCc1c(Cl)ccc(Cl)c1Cl. The monoisotopic (exact) mass is 277 g/mol. The summed E-state index contributed by atoms with van der Waals surface area (Å²) in [7, 11) is 0. The van der Waals surface area contributed by atoms with Crippen LogP contribution in [0.25, 0.3) is 0 Å². The first-order valence-corrected chi connectivity index (χ1v) is 6.62. The molecule has 0 saturated heterocycles. The first-order valence-electron chi connectivity index (χ1n) is 5.49. The lowest BCUT2D eigenvalue weighted by atomic mass is 10.2. The van der Waals surface area contributed by atoms with Crippen molar-refractivity contribution < 1.29 is 0 Å². The normalized spacial score (nSPS) is 23.5. The maximum atomic E-state index is 6.12. The first-order chi connectivity index (χ1) is 7.63. The van der Waals surface area contributed by atoms with Crippen molar-refractivity contribution in [2.75, 3.05) is 0 Å². The Labute approximate surface area is 111 Å². The predicted octanol–water partition coefficient (Wildman–Crippen LogP) is 4.53. The summed E-state index contributed by atoms with van der Waals surface area (Å²) in [5.74, 6) is 0.816. The number of hydrogen-bond acceptors (Lipinski definition) is 1. The molecule has 1 fully saturated rings. The molecule has 1 aliphatic rings.